The lowest BCUT2D eigenvalue weighted by Crippen LogP contribution is -2.49. The lowest BCUT2D eigenvalue weighted by molar-refractivity contribution is -0.192. The molecule has 0 atom stereocenters. The van der Waals surface area contributed by atoms with Crippen LogP contribution in [0, 0.1) is 18.6 Å². The summed E-state index contributed by atoms with van der Waals surface area (Å²) < 4.78 is 65.2. The van der Waals surface area contributed by atoms with E-state index in [9.17, 15) is 26.7 Å². The molecule has 0 radical (unpaired) electrons. The lowest BCUT2D eigenvalue weighted by Gasteiger charge is -2.37. The standard InChI is InChI=1S/C25H33F2N3O2.C2HF3O2/c1-17(2)32-24-8-5-19(13-18(24)3)15-28-25(31)30(22-9-11-29(4)12-10-22)16-20-6-7-21(26)14-23(20)27;3-2(4,5)1(6)7/h5-8,13-14,17,22H,9-12,15-16H2,1-4H3,(H,28,31);(H,6,7). The largest absolute Gasteiger partial charge is 0.491 e. The zero-order valence-electron chi connectivity index (χ0n) is 22.3. The summed E-state index contributed by atoms with van der Waals surface area (Å²) in [6.45, 7) is 8.15. The SMILES string of the molecule is Cc1cc(CNC(=O)N(Cc2ccc(F)cc2F)C2CCN(C)CC2)ccc1OC(C)C.O=C(O)C(F)(F)F. The highest BCUT2D eigenvalue weighted by Gasteiger charge is 2.38. The molecule has 2 N–H and O–H groups in total. The Morgan fingerprint density at radius 1 is 1.13 bits per heavy atom. The number of benzene rings is 2. The third kappa shape index (κ3) is 10.3. The van der Waals surface area contributed by atoms with E-state index in [-0.39, 0.29) is 24.7 Å². The van der Waals surface area contributed by atoms with Crippen molar-refractivity contribution in [2.24, 2.45) is 0 Å². The van der Waals surface area contributed by atoms with E-state index >= 15 is 0 Å². The molecule has 2 amide bonds. The molecule has 12 heteroatoms. The van der Waals surface area contributed by atoms with Gasteiger partial charge in [0.2, 0.25) is 0 Å². The maximum Gasteiger partial charge on any atom is 0.490 e. The fourth-order valence-corrected chi connectivity index (χ4v) is 3.99. The van der Waals surface area contributed by atoms with Gasteiger partial charge in [-0.25, -0.2) is 18.4 Å². The van der Waals surface area contributed by atoms with Gasteiger partial charge in [-0.1, -0.05) is 18.2 Å². The normalized spacial score (nSPS) is 14.4. The summed E-state index contributed by atoms with van der Waals surface area (Å²) in [5.41, 5.74) is 2.28. The van der Waals surface area contributed by atoms with Gasteiger partial charge in [0.1, 0.15) is 17.4 Å². The third-order valence-corrected chi connectivity index (χ3v) is 6.03. The molecular formula is C27H34F5N3O4. The molecule has 1 heterocycles. The van der Waals surface area contributed by atoms with Crippen molar-refractivity contribution in [2.45, 2.75) is 65.0 Å². The molecular weight excluding hydrogens is 525 g/mol. The Balaban J connectivity index is 0.000000673. The Labute approximate surface area is 224 Å². The first-order valence-electron chi connectivity index (χ1n) is 12.4. The van der Waals surface area contributed by atoms with Gasteiger partial charge in [-0.05, 0) is 77.0 Å². The van der Waals surface area contributed by atoms with E-state index in [1.54, 1.807) is 4.90 Å². The van der Waals surface area contributed by atoms with Crippen LogP contribution in [-0.4, -0.2) is 65.4 Å². The number of carbonyl (C=O) groups excluding carboxylic acids is 1. The summed E-state index contributed by atoms with van der Waals surface area (Å²) in [6.07, 6.45) is -3.37. The smallest absolute Gasteiger partial charge is 0.490 e. The number of amides is 2. The van der Waals surface area contributed by atoms with Crippen molar-refractivity contribution >= 4 is 12.0 Å². The number of hydrogen-bond donors (Lipinski definition) is 2. The second-order valence-electron chi connectivity index (χ2n) is 9.63. The van der Waals surface area contributed by atoms with Gasteiger partial charge in [-0.15, -0.1) is 0 Å². The highest BCUT2D eigenvalue weighted by Crippen LogP contribution is 2.22. The van der Waals surface area contributed by atoms with E-state index in [1.807, 2.05) is 39.0 Å². The van der Waals surface area contributed by atoms with Crippen molar-refractivity contribution in [1.29, 1.82) is 0 Å². The molecule has 39 heavy (non-hydrogen) atoms. The number of aryl methyl sites for hydroxylation is 1. The molecule has 0 aliphatic carbocycles. The van der Waals surface area contributed by atoms with Crippen molar-refractivity contribution in [2.75, 3.05) is 20.1 Å². The van der Waals surface area contributed by atoms with Gasteiger partial charge >= 0.3 is 18.2 Å². The van der Waals surface area contributed by atoms with Crippen molar-refractivity contribution < 1.29 is 41.4 Å². The van der Waals surface area contributed by atoms with Crippen LogP contribution >= 0.6 is 0 Å². The van der Waals surface area contributed by atoms with Crippen molar-refractivity contribution in [3.8, 4) is 5.75 Å². The van der Waals surface area contributed by atoms with Crippen molar-refractivity contribution in [3.05, 3.63) is 64.7 Å². The molecule has 0 spiro atoms. The van der Waals surface area contributed by atoms with Gasteiger partial charge in [-0.2, -0.15) is 13.2 Å². The van der Waals surface area contributed by atoms with Crippen LogP contribution in [0.25, 0.3) is 0 Å². The summed E-state index contributed by atoms with van der Waals surface area (Å²) in [6, 6.07) is 9.11. The number of halogens is 5. The first-order valence-corrected chi connectivity index (χ1v) is 12.4. The minimum absolute atomic E-state index is 0.000734. The number of aliphatic carboxylic acids is 1. The maximum absolute atomic E-state index is 14.3. The second kappa shape index (κ2) is 14.1. The number of carboxylic acid groups (broad SMARTS) is 1. The lowest BCUT2D eigenvalue weighted by atomic mass is 10.0. The zero-order chi connectivity index (χ0) is 29.3. The van der Waals surface area contributed by atoms with Gasteiger partial charge in [0, 0.05) is 24.2 Å². The third-order valence-electron chi connectivity index (χ3n) is 6.03. The van der Waals surface area contributed by atoms with Crippen molar-refractivity contribution in [1.82, 2.24) is 15.1 Å². The number of piperidine rings is 1. The van der Waals surface area contributed by atoms with Crippen molar-refractivity contribution in [3.63, 3.8) is 0 Å². The van der Waals surface area contributed by atoms with E-state index in [1.165, 1.54) is 12.1 Å². The fraction of sp³-hybridized carbons (Fsp3) is 0.481. The molecule has 216 valence electrons. The number of carbonyl (C=O) groups is 2. The van der Waals surface area contributed by atoms with Crippen LogP contribution in [0.1, 0.15) is 43.4 Å². The van der Waals surface area contributed by atoms with Gasteiger partial charge in [0.25, 0.3) is 0 Å². The summed E-state index contributed by atoms with van der Waals surface area (Å²) in [5, 5.41) is 10.1. The monoisotopic (exact) mass is 559 g/mol. The van der Waals surface area contributed by atoms with Gasteiger partial charge < -0.3 is 25.0 Å². The Morgan fingerprint density at radius 2 is 1.74 bits per heavy atom. The van der Waals surface area contributed by atoms with Gasteiger partial charge in [0.15, 0.2) is 0 Å². The van der Waals surface area contributed by atoms with Crippen LogP contribution in [0.4, 0.5) is 26.7 Å². The molecule has 7 nitrogen and oxygen atoms in total. The fourth-order valence-electron chi connectivity index (χ4n) is 3.99. The number of ether oxygens (including phenoxy) is 1. The zero-order valence-corrected chi connectivity index (χ0v) is 22.3. The molecule has 0 bridgehead atoms. The molecule has 0 aromatic heterocycles. The molecule has 1 aliphatic rings. The average Bonchev–Trinajstić information content (AvgIpc) is 2.84. The number of likely N-dealkylation sites (tertiary alicyclic amines) is 1. The van der Waals surface area contributed by atoms with Crippen LogP contribution in [-0.2, 0) is 17.9 Å². The number of nitrogens with zero attached hydrogens (tertiary/aromatic N) is 2. The summed E-state index contributed by atoms with van der Waals surface area (Å²) in [4.78, 5) is 26.0. The number of nitrogens with one attached hydrogen (secondary N) is 1. The van der Waals surface area contributed by atoms with E-state index in [2.05, 4.69) is 17.3 Å². The molecule has 1 fully saturated rings. The van der Waals surface area contributed by atoms with Gasteiger partial charge in [0.05, 0.1) is 12.6 Å². The predicted octanol–water partition coefficient (Wildman–Crippen LogP) is 5.50. The number of hydrogen-bond acceptors (Lipinski definition) is 4. The van der Waals surface area contributed by atoms with Crippen LogP contribution in [0.2, 0.25) is 0 Å². The average molecular weight is 560 g/mol. The Kier molecular flexibility index (Phi) is 11.5. The molecule has 0 saturated carbocycles. The summed E-state index contributed by atoms with van der Waals surface area (Å²) >= 11 is 0. The number of urea groups is 1. The molecule has 2 aromatic carbocycles. The Morgan fingerprint density at radius 3 is 2.26 bits per heavy atom. The van der Waals surface area contributed by atoms with E-state index < -0.39 is 23.8 Å². The van der Waals surface area contributed by atoms with E-state index in [0.29, 0.717) is 12.1 Å². The minimum Gasteiger partial charge on any atom is -0.491 e. The quantitative estimate of drug-likeness (QED) is 0.438. The first kappa shape index (κ1) is 31.8. The molecule has 0 unspecified atom stereocenters. The van der Waals surface area contributed by atoms with Crippen LogP contribution in [0.5, 0.6) is 5.75 Å². The molecule has 3 rings (SSSR count). The first-order chi connectivity index (χ1) is 18.2. The molecule has 2 aromatic rings. The molecule has 1 aliphatic heterocycles. The molecule has 1 saturated heterocycles. The highest BCUT2D eigenvalue weighted by molar-refractivity contribution is 5.74. The number of alkyl halides is 3. The Bertz CT molecular complexity index is 1120. The summed E-state index contributed by atoms with van der Waals surface area (Å²) in [5.74, 6) is -3.18. The van der Waals surface area contributed by atoms with Crippen LogP contribution in [0.3, 0.4) is 0 Å². The van der Waals surface area contributed by atoms with E-state index in [4.69, 9.17) is 14.6 Å². The number of carboxylic acids is 1. The van der Waals surface area contributed by atoms with Crippen LogP contribution < -0.4 is 10.1 Å². The van der Waals surface area contributed by atoms with E-state index in [0.717, 1.165) is 48.9 Å². The highest BCUT2D eigenvalue weighted by atomic mass is 19.4. The van der Waals surface area contributed by atoms with Crippen LogP contribution in [0.15, 0.2) is 36.4 Å². The number of rotatable bonds is 7. The summed E-state index contributed by atoms with van der Waals surface area (Å²) in [7, 11) is 2.05. The maximum atomic E-state index is 14.3. The van der Waals surface area contributed by atoms with Gasteiger partial charge in [-0.3, -0.25) is 0 Å². The Hall–Kier alpha value is -3.41. The topological polar surface area (TPSA) is 82.1 Å². The predicted molar refractivity (Wildman–Crippen MR) is 135 cm³/mol. The minimum atomic E-state index is -5.08. The second-order valence-corrected chi connectivity index (χ2v) is 9.63.